The van der Waals surface area contributed by atoms with Gasteiger partial charge < -0.3 is 5.32 Å². The van der Waals surface area contributed by atoms with E-state index in [0.717, 1.165) is 0 Å². The molecule has 0 aliphatic carbocycles. The zero-order chi connectivity index (χ0) is 17.8. The molecule has 1 aromatic heterocycles. The second kappa shape index (κ2) is 7.48. The van der Waals surface area contributed by atoms with Gasteiger partial charge in [0.25, 0.3) is 5.56 Å². The summed E-state index contributed by atoms with van der Waals surface area (Å²) in [5.41, 5.74) is 0.872. The lowest BCUT2D eigenvalue weighted by molar-refractivity contribution is -0.113. The van der Waals surface area contributed by atoms with Crippen molar-refractivity contribution >= 4 is 34.3 Å². The summed E-state index contributed by atoms with van der Waals surface area (Å²) in [7, 11) is 0. The van der Waals surface area contributed by atoms with Crippen LogP contribution in [0.1, 0.15) is 6.92 Å². The lowest BCUT2D eigenvalue weighted by atomic mass is 10.2. The number of nitrogens with one attached hydrogen (secondary N) is 1. The van der Waals surface area contributed by atoms with E-state index in [-0.39, 0.29) is 17.2 Å². The van der Waals surface area contributed by atoms with E-state index in [4.69, 9.17) is 0 Å². The summed E-state index contributed by atoms with van der Waals surface area (Å²) >= 11 is 1.18. The minimum absolute atomic E-state index is 0.0707. The molecule has 3 rings (SSSR count). The Labute approximate surface area is 147 Å². The quantitative estimate of drug-likeness (QED) is 0.562. The smallest absolute Gasteiger partial charge is 0.262 e. The molecule has 0 aliphatic heterocycles. The van der Waals surface area contributed by atoms with Gasteiger partial charge in [-0.05, 0) is 37.3 Å². The van der Waals surface area contributed by atoms with Gasteiger partial charge >= 0.3 is 0 Å². The van der Waals surface area contributed by atoms with E-state index in [1.807, 2.05) is 13.0 Å². The Morgan fingerprint density at radius 1 is 1.24 bits per heavy atom. The van der Waals surface area contributed by atoms with Gasteiger partial charge in [0.1, 0.15) is 5.82 Å². The Morgan fingerprint density at radius 3 is 2.80 bits per heavy atom. The van der Waals surface area contributed by atoms with Gasteiger partial charge in [-0.2, -0.15) is 0 Å². The fourth-order valence-corrected chi connectivity index (χ4v) is 3.29. The number of nitrogens with zero attached hydrogens (tertiary/aromatic N) is 2. The molecule has 7 heteroatoms. The molecule has 0 spiro atoms. The molecule has 2 aromatic carbocycles. The van der Waals surface area contributed by atoms with Crippen molar-refractivity contribution in [1.29, 1.82) is 0 Å². The maximum atomic E-state index is 13.2. The first-order chi connectivity index (χ1) is 12.1. The molecule has 128 valence electrons. The Morgan fingerprint density at radius 2 is 2.04 bits per heavy atom. The average molecular weight is 357 g/mol. The molecule has 3 aromatic rings. The number of hydrogen-bond donors (Lipinski definition) is 1. The summed E-state index contributed by atoms with van der Waals surface area (Å²) in [4.78, 5) is 29.1. The van der Waals surface area contributed by atoms with Gasteiger partial charge in [0, 0.05) is 12.2 Å². The molecule has 5 nitrogen and oxygen atoms in total. The van der Waals surface area contributed by atoms with Crippen LogP contribution in [-0.2, 0) is 11.3 Å². The molecule has 0 saturated carbocycles. The second-order valence-electron chi connectivity index (χ2n) is 5.31. The molecular formula is C18H16FN3O2S. The number of rotatable bonds is 5. The number of fused-ring (bicyclic) bond motifs is 1. The molecule has 0 saturated heterocycles. The fraction of sp³-hybridized carbons (Fsp3) is 0.167. The van der Waals surface area contributed by atoms with Crippen molar-refractivity contribution in [2.24, 2.45) is 0 Å². The minimum atomic E-state index is -0.415. The van der Waals surface area contributed by atoms with Gasteiger partial charge in [0.2, 0.25) is 5.91 Å². The lowest BCUT2D eigenvalue weighted by Crippen LogP contribution is -2.23. The number of halogens is 1. The molecule has 1 amide bonds. The zero-order valence-electron chi connectivity index (χ0n) is 13.5. The van der Waals surface area contributed by atoms with Crippen molar-refractivity contribution in [3.63, 3.8) is 0 Å². The van der Waals surface area contributed by atoms with Crippen LogP contribution < -0.4 is 10.9 Å². The van der Waals surface area contributed by atoms with Crippen LogP contribution in [0.25, 0.3) is 10.9 Å². The van der Waals surface area contributed by atoms with E-state index < -0.39 is 5.82 Å². The molecule has 1 N–H and O–H groups in total. The second-order valence-corrected chi connectivity index (χ2v) is 6.25. The predicted molar refractivity (Wildman–Crippen MR) is 97.4 cm³/mol. The SMILES string of the molecule is CCn1c(SCC(=O)Nc2cccc(F)c2)nc2ccccc2c1=O. The number of carbonyl (C=O) groups excluding carboxylic acids is 1. The molecule has 0 radical (unpaired) electrons. The summed E-state index contributed by atoms with van der Waals surface area (Å²) in [6.45, 7) is 2.32. The number of carbonyl (C=O) groups is 1. The lowest BCUT2D eigenvalue weighted by Gasteiger charge is -2.11. The number of thioether (sulfide) groups is 1. The standard InChI is InChI=1S/C18H16FN3O2S/c1-2-22-17(24)14-8-3-4-9-15(14)21-18(22)25-11-16(23)20-13-7-5-6-12(19)10-13/h3-10H,2,11H2,1H3,(H,20,23). The Hall–Kier alpha value is -2.67. The summed E-state index contributed by atoms with van der Waals surface area (Å²) in [6.07, 6.45) is 0. The Bertz CT molecular complexity index is 987. The number of hydrogen-bond acceptors (Lipinski definition) is 4. The van der Waals surface area contributed by atoms with Crippen LogP contribution in [0.4, 0.5) is 10.1 Å². The first kappa shape index (κ1) is 17.2. The molecule has 0 atom stereocenters. The average Bonchev–Trinajstić information content (AvgIpc) is 2.60. The molecule has 0 fully saturated rings. The van der Waals surface area contributed by atoms with Crippen LogP contribution in [-0.4, -0.2) is 21.2 Å². The molecule has 0 aliphatic rings. The number of benzene rings is 2. The van der Waals surface area contributed by atoms with Crippen LogP contribution in [0.15, 0.2) is 58.5 Å². The number of amides is 1. The summed E-state index contributed by atoms with van der Waals surface area (Å²) < 4.78 is 14.7. The molecule has 25 heavy (non-hydrogen) atoms. The third-order valence-electron chi connectivity index (χ3n) is 3.58. The third kappa shape index (κ3) is 3.88. The van der Waals surface area contributed by atoms with Crippen molar-refractivity contribution in [3.8, 4) is 0 Å². The van der Waals surface area contributed by atoms with Crippen LogP contribution >= 0.6 is 11.8 Å². The van der Waals surface area contributed by atoms with E-state index in [9.17, 15) is 14.0 Å². The van der Waals surface area contributed by atoms with Crippen molar-refractivity contribution in [1.82, 2.24) is 9.55 Å². The van der Waals surface area contributed by atoms with Crippen LogP contribution in [0, 0.1) is 5.82 Å². The van der Waals surface area contributed by atoms with Crippen LogP contribution in [0.2, 0.25) is 0 Å². The van der Waals surface area contributed by atoms with Crippen molar-refractivity contribution in [3.05, 3.63) is 64.7 Å². The summed E-state index contributed by atoms with van der Waals surface area (Å²) in [5.74, 6) is -0.636. The first-order valence-corrected chi connectivity index (χ1v) is 8.75. The predicted octanol–water partition coefficient (Wildman–Crippen LogP) is 3.29. The van der Waals surface area contributed by atoms with E-state index in [0.29, 0.717) is 28.3 Å². The van der Waals surface area contributed by atoms with E-state index in [1.165, 1.54) is 30.0 Å². The highest BCUT2D eigenvalue weighted by Gasteiger charge is 2.12. The fourth-order valence-electron chi connectivity index (χ4n) is 2.43. The van der Waals surface area contributed by atoms with Crippen molar-refractivity contribution in [2.75, 3.05) is 11.1 Å². The monoisotopic (exact) mass is 357 g/mol. The largest absolute Gasteiger partial charge is 0.325 e. The van der Waals surface area contributed by atoms with E-state index >= 15 is 0 Å². The van der Waals surface area contributed by atoms with Gasteiger partial charge in [-0.15, -0.1) is 0 Å². The Balaban J connectivity index is 1.78. The zero-order valence-corrected chi connectivity index (χ0v) is 14.3. The number of anilines is 1. The van der Waals surface area contributed by atoms with Crippen LogP contribution in [0.5, 0.6) is 0 Å². The Kier molecular flexibility index (Phi) is 5.14. The van der Waals surface area contributed by atoms with Gasteiger partial charge in [0.15, 0.2) is 5.16 Å². The van der Waals surface area contributed by atoms with Gasteiger partial charge in [-0.3, -0.25) is 14.2 Å². The van der Waals surface area contributed by atoms with Crippen LogP contribution in [0.3, 0.4) is 0 Å². The van der Waals surface area contributed by atoms with Gasteiger partial charge in [-0.25, -0.2) is 9.37 Å². The van der Waals surface area contributed by atoms with Gasteiger partial charge in [-0.1, -0.05) is 30.0 Å². The highest BCUT2D eigenvalue weighted by molar-refractivity contribution is 7.99. The normalized spacial score (nSPS) is 10.8. The molecule has 1 heterocycles. The first-order valence-electron chi connectivity index (χ1n) is 7.76. The number of aromatic nitrogens is 2. The van der Waals surface area contributed by atoms with Crippen molar-refractivity contribution in [2.45, 2.75) is 18.6 Å². The van der Waals surface area contributed by atoms with Crippen molar-refractivity contribution < 1.29 is 9.18 Å². The van der Waals surface area contributed by atoms with E-state index in [1.54, 1.807) is 28.8 Å². The minimum Gasteiger partial charge on any atom is -0.325 e. The molecular weight excluding hydrogens is 341 g/mol. The van der Waals surface area contributed by atoms with E-state index in [2.05, 4.69) is 10.3 Å². The maximum Gasteiger partial charge on any atom is 0.262 e. The summed E-state index contributed by atoms with van der Waals surface area (Å²) in [6, 6.07) is 12.8. The maximum absolute atomic E-state index is 13.2. The highest BCUT2D eigenvalue weighted by atomic mass is 32.2. The topological polar surface area (TPSA) is 64.0 Å². The third-order valence-corrected chi connectivity index (χ3v) is 4.56. The highest BCUT2D eigenvalue weighted by Crippen LogP contribution is 2.18. The molecule has 0 unspecified atom stereocenters. The summed E-state index contributed by atoms with van der Waals surface area (Å²) in [5, 5.41) is 3.67. The van der Waals surface area contributed by atoms with Gasteiger partial charge in [0.05, 0.1) is 16.7 Å². The molecule has 0 bridgehead atoms. The number of para-hydroxylation sites is 1.